The van der Waals surface area contributed by atoms with Gasteiger partial charge in [-0.2, -0.15) is 0 Å². The minimum Gasteiger partial charge on any atom is -0.260 e. The van der Waals surface area contributed by atoms with E-state index in [0.29, 0.717) is 5.92 Å². The van der Waals surface area contributed by atoms with Crippen molar-refractivity contribution < 1.29 is 0 Å². The van der Waals surface area contributed by atoms with Crippen LogP contribution >= 0.6 is 0 Å². The second-order valence-corrected chi connectivity index (χ2v) is 3.71. The molecule has 0 saturated heterocycles. The minimum absolute atomic E-state index is 0.344. The van der Waals surface area contributed by atoms with Crippen LogP contribution in [-0.4, -0.2) is 4.98 Å². The van der Waals surface area contributed by atoms with Crippen LogP contribution in [0, 0.1) is 0 Å². The van der Waals surface area contributed by atoms with E-state index in [-0.39, 0.29) is 0 Å². The summed E-state index contributed by atoms with van der Waals surface area (Å²) < 4.78 is 0. The first-order chi connectivity index (χ1) is 7.45. The number of hydrogen-bond donors (Lipinski definition) is 0. The summed E-state index contributed by atoms with van der Waals surface area (Å²) in [5.41, 5.74) is 1.15. The first-order valence-electron chi connectivity index (χ1n) is 5.14. The van der Waals surface area contributed by atoms with Crippen LogP contribution in [0.15, 0.2) is 60.8 Å². The maximum Gasteiger partial charge on any atom is 0.0588 e. The van der Waals surface area contributed by atoms with Gasteiger partial charge in [0.2, 0.25) is 0 Å². The molecular formula is C14H11N. The van der Waals surface area contributed by atoms with Gasteiger partial charge in [-0.3, -0.25) is 4.98 Å². The van der Waals surface area contributed by atoms with E-state index in [2.05, 4.69) is 59.6 Å². The van der Waals surface area contributed by atoms with Crippen molar-refractivity contribution in [1.29, 1.82) is 0 Å². The molecule has 0 spiro atoms. The number of aromatic nitrogens is 1. The molecule has 0 amide bonds. The molecule has 0 bridgehead atoms. The lowest BCUT2D eigenvalue weighted by Crippen LogP contribution is -1.94. The molecule has 2 aromatic rings. The number of benzene rings is 1. The van der Waals surface area contributed by atoms with Gasteiger partial charge >= 0.3 is 0 Å². The fraction of sp³-hybridized carbons (Fsp3) is 0.0714. The molecule has 1 nitrogen and oxygen atoms in total. The molecule has 0 fully saturated rings. The standard InChI is InChI=1S/C14H11N/c1-2-7-12(6-1)14-13-8-4-3-5-11(13)9-10-15-14/h1-10,12H. The summed E-state index contributed by atoms with van der Waals surface area (Å²) in [7, 11) is 0. The number of allylic oxidation sites excluding steroid dienone is 4. The van der Waals surface area contributed by atoms with E-state index >= 15 is 0 Å². The molecule has 3 rings (SSSR count). The van der Waals surface area contributed by atoms with Crippen LogP contribution in [0.25, 0.3) is 10.8 Å². The third-order valence-corrected chi connectivity index (χ3v) is 2.77. The van der Waals surface area contributed by atoms with Gasteiger partial charge in [0, 0.05) is 17.5 Å². The number of fused-ring (bicyclic) bond motifs is 1. The van der Waals surface area contributed by atoms with Gasteiger partial charge in [-0.15, -0.1) is 0 Å². The average molecular weight is 193 g/mol. The molecular weight excluding hydrogens is 182 g/mol. The van der Waals surface area contributed by atoms with Crippen molar-refractivity contribution in [3.8, 4) is 0 Å². The summed E-state index contributed by atoms with van der Waals surface area (Å²) >= 11 is 0. The van der Waals surface area contributed by atoms with Crippen LogP contribution in [0.2, 0.25) is 0 Å². The van der Waals surface area contributed by atoms with E-state index in [1.54, 1.807) is 0 Å². The van der Waals surface area contributed by atoms with Gasteiger partial charge in [-0.25, -0.2) is 0 Å². The Labute approximate surface area is 88.8 Å². The van der Waals surface area contributed by atoms with Crippen molar-refractivity contribution in [2.24, 2.45) is 0 Å². The highest BCUT2D eigenvalue weighted by atomic mass is 14.7. The van der Waals surface area contributed by atoms with Crippen molar-refractivity contribution in [1.82, 2.24) is 4.98 Å². The van der Waals surface area contributed by atoms with Crippen LogP contribution in [0.3, 0.4) is 0 Å². The summed E-state index contributed by atoms with van der Waals surface area (Å²) in [6.07, 6.45) is 10.4. The summed E-state index contributed by atoms with van der Waals surface area (Å²) in [4.78, 5) is 4.49. The zero-order valence-electron chi connectivity index (χ0n) is 8.30. The summed E-state index contributed by atoms with van der Waals surface area (Å²) in [5.74, 6) is 0.344. The highest BCUT2D eigenvalue weighted by Crippen LogP contribution is 2.27. The van der Waals surface area contributed by atoms with Gasteiger partial charge in [0.25, 0.3) is 0 Å². The van der Waals surface area contributed by atoms with E-state index in [1.807, 2.05) is 6.20 Å². The van der Waals surface area contributed by atoms with Crippen LogP contribution in [0.1, 0.15) is 11.6 Å². The Bertz CT molecular complexity index is 535. The molecule has 72 valence electrons. The third-order valence-electron chi connectivity index (χ3n) is 2.77. The maximum absolute atomic E-state index is 4.49. The van der Waals surface area contributed by atoms with E-state index < -0.39 is 0 Å². The Morgan fingerprint density at radius 1 is 0.933 bits per heavy atom. The van der Waals surface area contributed by atoms with Gasteiger partial charge in [-0.1, -0.05) is 48.6 Å². The summed E-state index contributed by atoms with van der Waals surface area (Å²) in [5, 5.41) is 2.51. The van der Waals surface area contributed by atoms with Crippen molar-refractivity contribution in [2.75, 3.05) is 0 Å². The zero-order valence-corrected chi connectivity index (χ0v) is 8.30. The molecule has 1 aliphatic rings. The lowest BCUT2D eigenvalue weighted by atomic mass is 10.0. The normalized spacial score (nSPS) is 15.2. The predicted molar refractivity (Wildman–Crippen MR) is 62.8 cm³/mol. The Balaban J connectivity index is 2.26. The molecule has 1 aliphatic carbocycles. The fourth-order valence-corrected chi connectivity index (χ4v) is 2.02. The van der Waals surface area contributed by atoms with Crippen molar-refractivity contribution in [3.05, 3.63) is 66.5 Å². The van der Waals surface area contributed by atoms with Crippen molar-refractivity contribution in [3.63, 3.8) is 0 Å². The fourth-order valence-electron chi connectivity index (χ4n) is 2.02. The molecule has 0 aliphatic heterocycles. The topological polar surface area (TPSA) is 12.9 Å². The highest BCUT2D eigenvalue weighted by molar-refractivity contribution is 5.85. The smallest absolute Gasteiger partial charge is 0.0588 e. The van der Waals surface area contributed by atoms with Crippen molar-refractivity contribution >= 4 is 10.8 Å². The number of rotatable bonds is 1. The van der Waals surface area contributed by atoms with Crippen LogP contribution in [0.5, 0.6) is 0 Å². The number of hydrogen-bond acceptors (Lipinski definition) is 1. The lowest BCUT2D eigenvalue weighted by Gasteiger charge is -2.08. The van der Waals surface area contributed by atoms with Gasteiger partial charge in [0.1, 0.15) is 0 Å². The predicted octanol–water partition coefficient (Wildman–Crippen LogP) is 3.44. The molecule has 0 N–H and O–H groups in total. The van der Waals surface area contributed by atoms with E-state index in [1.165, 1.54) is 10.8 Å². The Kier molecular flexibility index (Phi) is 1.88. The SMILES string of the molecule is C1=CC(c2nccc3ccccc23)C=C1. The highest BCUT2D eigenvalue weighted by Gasteiger charge is 2.11. The molecule has 1 aromatic carbocycles. The van der Waals surface area contributed by atoms with E-state index in [4.69, 9.17) is 0 Å². The van der Waals surface area contributed by atoms with Crippen LogP contribution in [-0.2, 0) is 0 Å². The Morgan fingerprint density at radius 3 is 2.60 bits per heavy atom. The first-order valence-corrected chi connectivity index (χ1v) is 5.14. The molecule has 1 heteroatoms. The molecule has 15 heavy (non-hydrogen) atoms. The molecule has 0 atom stereocenters. The van der Waals surface area contributed by atoms with E-state index in [9.17, 15) is 0 Å². The monoisotopic (exact) mass is 193 g/mol. The van der Waals surface area contributed by atoms with Crippen LogP contribution < -0.4 is 0 Å². The van der Waals surface area contributed by atoms with Crippen molar-refractivity contribution in [2.45, 2.75) is 5.92 Å². The maximum atomic E-state index is 4.49. The van der Waals surface area contributed by atoms with Gasteiger partial charge in [0.15, 0.2) is 0 Å². The second kappa shape index (κ2) is 3.35. The lowest BCUT2D eigenvalue weighted by molar-refractivity contribution is 1.03. The van der Waals surface area contributed by atoms with Crippen LogP contribution in [0.4, 0.5) is 0 Å². The van der Waals surface area contributed by atoms with Gasteiger partial charge in [-0.05, 0) is 11.5 Å². The van der Waals surface area contributed by atoms with Gasteiger partial charge in [0.05, 0.1) is 5.69 Å². The molecule has 1 heterocycles. The minimum atomic E-state index is 0.344. The largest absolute Gasteiger partial charge is 0.260 e. The summed E-state index contributed by atoms with van der Waals surface area (Å²) in [6.45, 7) is 0. The average Bonchev–Trinajstić information content (AvgIpc) is 2.82. The molecule has 0 radical (unpaired) electrons. The zero-order chi connectivity index (χ0) is 10.1. The summed E-state index contributed by atoms with van der Waals surface area (Å²) in [6, 6.07) is 10.4. The Morgan fingerprint density at radius 2 is 1.73 bits per heavy atom. The molecule has 0 unspecified atom stereocenters. The first kappa shape index (κ1) is 8.42. The number of nitrogens with zero attached hydrogens (tertiary/aromatic N) is 1. The third kappa shape index (κ3) is 1.37. The molecule has 1 aromatic heterocycles. The number of pyridine rings is 1. The molecule has 0 saturated carbocycles. The quantitative estimate of drug-likeness (QED) is 0.676. The van der Waals surface area contributed by atoms with Gasteiger partial charge < -0.3 is 0 Å². The second-order valence-electron chi connectivity index (χ2n) is 3.71. The van der Waals surface area contributed by atoms with E-state index in [0.717, 1.165) is 5.69 Å². The Hall–Kier alpha value is -1.89.